The first kappa shape index (κ1) is 13.7. The number of aliphatic carboxylic acids is 1. The SMILES string of the molecule is CCSc1c(/C=C/C(=O)O)ccc2c1cc(C)n2C. The molecule has 4 heteroatoms. The van der Waals surface area contributed by atoms with Gasteiger partial charge in [0.25, 0.3) is 0 Å². The number of carboxylic acid groups (broad SMARTS) is 1. The Balaban J connectivity index is 2.64. The number of fused-ring (bicyclic) bond motifs is 1. The van der Waals surface area contributed by atoms with E-state index in [1.165, 1.54) is 22.7 Å². The highest BCUT2D eigenvalue weighted by atomic mass is 32.2. The molecule has 0 spiro atoms. The summed E-state index contributed by atoms with van der Waals surface area (Å²) in [5.74, 6) is 0.0397. The first-order valence-corrected chi connectivity index (χ1v) is 7.16. The molecule has 19 heavy (non-hydrogen) atoms. The minimum Gasteiger partial charge on any atom is -0.478 e. The van der Waals surface area contributed by atoms with Crippen LogP contribution in [0.4, 0.5) is 0 Å². The van der Waals surface area contributed by atoms with Gasteiger partial charge in [0.2, 0.25) is 0 Å². The van der Waals surface area contributed by atoms with Crippen molar-refractivity contribution in [3.05, 3.63) is 35.5 Å². The number of hydrogen-bond donors (Lipinski definition) is 1. The van der Waals surface area contributed by atoms with Gasteiger partial charge < -0.3 is 9.67 Å². The monoisotopic (exact) mass is 275 g/mol. The summed E-state index contributed by atoms with van der Waals surface area (Å²) >= 11 is 1.75. The van der Waals surface area contributed by atoms with E-state index in [-0.39, 0.29) is 0 Å². The molecule has 0 radical (unpaired) electrons. The smallest absolute Gasteiger partial charge is 0.328 e. The van der Waals surface area contributed by atoms with Gasteiger partial charge >= 0.3 is 5.97 Å². The molecular formula is C15H17NO2S. The van der Waals surface area contributed by atoms with Crippen LogP contribution in [0, 0.1) is 6.92 Å². The van der Waals surface area contributed by atoms with E-state index in [1.807, 2.05) is 19.2 Å². The van der Waals surface area contributed by atoms with Gasteiger partial charge in [0.05, 0.1) is 0 Å². The Kier molecular flexibility index (Phi) is 4.00. The standard InChI is InChI=1S/C15H17NO2S/c1-4-19-15-11(6-8-14(17)18)5-7-13-12(15)9-10(2)16(13)3/h5-9H,4H2,1-3H3,(H,17,18)/b8-6+. The lowest BCUT2D eigenvalue weighted by Crippen LogP contribution is -1.91. The van der Waals surface area contributed by atoms with Crippen molar-refractivity contribution < 1.29 is 9.90 Å². The summed E-state index contributed by atoms with van der Waals surface area (Å²) in [4.78, 5) is 11.8. The average Bonchev–Trinajstić information content (AvgIpc) is 2.65. The van der Waals surface area contributed by atoms with Crippen LogP contribution in [0.25, 0.3) is 17.0 Å². The Bertz CT molecular complexity index is 656. The Hall–Kier alpha value is -1.68. The summed E-state index contributed by atoms with van der Waals surface area (Å²) in [6, 6.07) is 6.19. The van der Waals surface area contributed by atoms with Gasteiger partial charge in [-0.2, -0.15) is 0 Å². The summed E-state index contributed by atoms with van der Waals surface area (Å²) in [6.07, 6.45) is 2.86. The number of rotatable bonds is 4. The zero-order valence-corrected chi connectivity index (χ0v) is 12.1. The van der Waals surface area contributed by atoms with Crippen LogP contribution in [0.5, 0.6) is 0 Å². The lowest BCUT2D eigenvalue weighted by molar-refractivity contribution is -0.131. The van der Waals surface area contributed by atoms with Crippen molar-refractivity contribution in [1.29, 1.82) is 0 Å². The lowest BCUT2D eigenvalue weighted by Gasteiger charge is -2.07. The number of hydrogen-bond acceptors (Lipinski definition) is 2. The Labute approximate surface area is 116 Å². The molecular weight excluding hydrogens is 258 g/mol. The predicted octanol–water partition coefficient (Wildman–Crippen LogP) is 3.70. The van der Waals surface area contributed by atoms with Crippen molar-refractivity contribution in [2.24, 2.45) is 7.05 Å². The molecule has 2 aromatic rings. The second-order valence-electron chi connectivity index (χ2n) is 4.37. The highest BCUT2D eigenvalue weighted by Gasteiger charge is 2.10. The third kappa shape index (κ3) is 2.68. The molecule has 0 aliphatic rings. The molecule has 1 heterocycles. The fourth-order valence-corrected chi connectivity index (χ4v) is 3.04. The molecule has 0 saturated heterocycles. The van der Waals surface area contributed by atoms with Crippen LogP contribution in [-0.2, 0) is 11.8 Å². The zero-order valence-electron chi connectivity index (χ0n) is 11.3. The van der Waals surface area contributed by atoms with Gasteiger partial charge in [-0.1, -0.05) is 13.0 Å². The third-order valence-corrected chi connectivity index (χ3v) is 4.17. The second kappa shape index (κ2) is 5.53. The van der Waals surface area contributed by atoms with Crippen molar-refractivity contribution in [2.45, 2.75) is 18.7 Å². The Morgan fingerprint density at radius 1 is 1.47 bits per heavy atom. The zero-order chi connectivity index (χ0) is 14.0. The maximum atomic E-state index is 10.7. The van der Waals surface area contributed by atoms with Gasteiger partial charge in [-0.05, 0) is 36.4 Å². The van der Waals surface area contributed by atoms with Crippen LogP contribution in [0.3, 0.4) is 0 Å². The number of carbonyl (C=O) groups is 1. The fourth-order valence-electron chi connectivity index (χ4n) is 2.13. The second-order valence-corrected chi connectivity index (χ2v) is 5.64. The van der Waals surface area contributed by atoms with Gasteiger partial charge in [-0.15, -0.1) is 11.8 Å². The summed E-state index contributed by atoms with van der Waals surface area (Å²) < 4.78 is 2.15. The minimum absolute atomic E-state index is 0.920. The highest BCUT2D eigenvalue weighted by Crippen LogP contribution is 2.33. The molecule has 0 atom stereocenters. The first-order valence-electron chi connectivity index (χ1n) is 6.17. The van der Waals surface area contributed by atoms with E-state index in [2.05, 4.69) is 24.5 Å². The highest BCUT2D eigenvalue weighted by molar-refractivity contribution is 7.99. The van der Waals surface area contributed by atoms with E-state index in [0.717, 1.165) is 16.2 Å². The summed E-state index contributed by atoms with van der Waals surface area (Å²) in [5, 5.41) is 9.95. The predicted molar refractivity (Wildman–Crippen MR) is 80.7 cm³/mol. The molecule has 3 nitrogen and oxygen atoms in total. The van der Waals surface area contributed by atoms with Gasteiger partial charge in [-0.3, -0.25) is 0 Å². The third-order valence-electron chi connectivity index (χ3n) is 3.14. The molecule has 100 valence electrons. The molecule has 0 bridgehead atoms. The van der Waals surface area contributed by atoms with Gasteiger partial charge in [0.15, 0.2) is 0 Å². The van der Waals surface area contributed by atoms with Crippen molar-refractivity contribution in [2.75, 3.05) is 5.75 Å². The number of thioether (sulfide) groups is 1. The Morgan fingerprint density at radius 3 is 2.84 bits per heavy atom. The van der Waals surface area contributed by atoms with E-state index >= 15 is 0 Å². The molecule has 2 rings (SSSR count). The van der Waals surface area contributed by atoms with Crippen molar-refractivity contribution in [1.82, 2.24) is 4.57 Å². The first-order chi connectivity index (χ1) is 9.04. The molecule has 1 aromatic heterocycles. The normalized spacial score (nSPS) is 11.5. The average molecular weight is 275 g/mol. The van der Waals surface area contributed by atoms with Crippen LogP contribution in [-0.4, -0.2) is 21.4 Å². The van der Waals surface area contributed by atoms with E-state index in [1.54, 1.807) is 17.8 Å². The van der Waals surface area contributed by atoms with Crippen LogP contribution in [0.1, 0.15) is 18.2 Å². The van der Waals surface area contributed by atoms with E-state index < -0.39 is 5.97 Å². The largest absolute Gasteiger partial charge is 0.478 e. The van der Waals surface area contributed by atoms with Gasteiger partial charge in [0, 0.05) is 34.6 Å². The minimum atomic E-state index is -0.920. The fraction of sp³-hybridized carbons (Fsp3) is 0.267. The number of aryl methyl sites for hydroxylation is 2. The summed E-state index contributed by atoms with van der Waals surface area (Å²) in [7, 11) is 2.05. The summed E-state index contributed by atoms with van der Waals surface area (Å²) in [5.41, 5.74) is 3.35. The van der Waals surface area contributed by atoms with Gasteiger partial charge in [-0.25, -0.2) is 4.79 Å². The molecule has 0 fully saturated rings. The van der Waals surface area contributed by atoms with Gasteiger partial charge in [0.1, 0.15) is 0 Å². The maximum absolute atomic E-state index is 10.7. The van der Waals surface area contributed by atoms with E-state index in [0.29, 0.717) is 0 Å². The van der Waals surface area contributed by atoms with Crippen LogP contribution >= 0.6 is 11.8 Å². The maximum Gasteiger partial charge on any atom is 0.328 e. The molecule has 1 aromatic carbocycles. The molecule has 0 aliphatic carbocycles. The van der Waals surface area contributed by atoms with Crippen molar-refractivity contribution in [3.8, 4) is 0 Å². The lowest BCUT2D eigenvalue weighted by atomic mass is 10.1. The number of carboxylic acids is 1. The summed E-state index contributed by atoms with van der Waals surface area (Å²) in [6.45, 7) is 4.18. The molecule has 1 N–H and O–H groups in total. The quantitative estimate of drug-likeness (QED) is 0.683. The van der Waals surface area contributed by atoms with Crippen LogP contribution in [0.15, 0.2) is 29.2 Å². The molecule has 0 amide bonds. The van der Waals surface area contributed by atoms with Crippen molar-refractivity contribution >= 4 is 34.7 Å². The molecule has 0 aliphatic heterocycles. The number of aromatic nitrogens is 1. The van der Waals surface area contributed by atoms with E-state index in [9.17, 15) is 4.79 Å². The van der Waals surface area contributed by atoms with Crippen LogP contribution < -0.4 is 0 Å². The van der Waals surface area contributed by atoms with E-state index in [4.69, 9.17) is 5.11 Å². The number of nitrogens with zero attached hydrogens (tertiary/aromatic N) is 1. The molecule has 0 saturated carbocycles. The van der Waals surface area contributed by atoms with Crippen molar-refractivity contribution in [3.63, 3.8) is 0 Å². The topological polar surface area (TPSA) is 42.2 Å². The Morgan fingerprint density at radius 2 is 2.21 bits per heavy atom. The number of benzene rings is 1. The van der Waals surface area contributed by atoms with Crippen LogP contribution in [0.2, 0.25) is 0 Å². The molecule has 0 unspecified atom stereocenters.